The van der Waals surface area contributed by atoms with Gasteiger partial charge in [-0.05, 0) is 6.92 Å². The van der Waals surface area contributed by atoms with Gasteiger partial charge in [-0.2, -0.15) is 8.42 Å². The molecule has 2 N–H and O–H groups in total. The second-order valence-electron chi connectivity index (χ2n) is 3.34. The number of hydrogen-bond acceptors (Lipinski definition) is 3. The lowest BCUT2D eigenvalue weighted by Crippen LogP contribution is -2.00. The summed E-state index contributed by atoms with van der Waals surface area (Å²) in [6.07, 6.45) is 0. The smallest absolute Gasteiger partial charge is 0.312 e. The molecule has 0 aliphatic rings. The van der Waals surface area contributed by atoms with Gasteiger partial charge in [-0.15, -0.1) is 0 Å². The molecule has 5 nitrogen and oxygen atoms in total. The highest BCUT2D eigenvalue weighted by Gasteiger charge is 2.20. The van der Waals surface area contributed by atoms with Gasteiger partial charge < -0.3 is 4.98 Å². The monoisotopic (exact) mass is 238 g/mol. The van der Waals surface area contributed by atoms with Crippen molar-refractivity contribution >= 4 is 10.1 Å². The molecule has 0 radical (unpaired) electrons. The van der Waals surface area contributed by atoms with Crippen LogP contribution in [0.5, 0.6) is 0 Å². The Hall–Kier alpha value is -1.66. The molecule has 2 rings (SSSR count). The van der Waals surface area contributed by atoms with E-state index in [1.165, 1.54) is 0 Å². The normalized spacial score (nSPS) is 11.6. The maximum Gasteiger partial charge on any atom is 0.312 e. The van der Waals surface area contributed by atoms with Crippen molar-refractivity contribution in [1.82, 2.24) is 9.97 Å². The Balaban J connectivity index is 2.67. The van der Waals surface area contributed by atoms with Crippen LogP contribution in [0.3, 0.4) is 0 Å². The average molecular weight is 238 g/mol. The number of rotatable bonds is 2. The standard InChI is InChI=1S/C10H10N2O3S/c1-7-11-9(8-5-3-2-4-6-8)10(12-7)16(13,14)15/h2-6H,1H3,(H,11,12)(H,13,14,15). The molecule has 0 aliphatic heterocycles. The van der Waals surface area contributed by atoms with Crippen molar-refractivity contribution in [2.45, 2.75) is 11.9 Å². The first-order valence-electron chi connectivity index (χ1n) is 4.58. The minimum atomic E-state index is -4.28. The number of hydrogen-bond donors (Lipinski definition) is 2. The third-order valence-corrected chi connectivity index (χ3v) is 2.91. The van der Waals surface area contributed by atoms with Crippen molar-refractivity contribution in [3.05, 3.63) is 36.2 Å². The highest BCUT2D eigenvalue weighted by Crippen LogP contribution is 2.24. The van der Waals surface area contributed by atoms with Gasteiger partial charge >= 0.3 is 10.1 Å². The van der Waals surface area contributed by atoms with Crippen LogP contribution in [0.2, 0.25) is 0 Å². The summed E-state index contributed by atoms with van der Waals surface area (Å²) in [5.41, 5.74) is 0.875. The minimum absolute atomic E-state index is 0.237. The number of aryl methyl sites for hydroxylation is 1. The van der Waals surface area contributed by atoms with E-state index in [4.69, 9.17) is 4.55 Å². The van der Waals surface area contributed by atoms with Gasteiger partial charge in [-0.25, -0.2) is 4.98 Å². The largest absolute Gasteiger partial charge is 0.331 e. The maximum absolute atomic E-state index is 11.1. The number of aromatic amines is 1. The molecule has 0 atom stereocenters. The van der Waals surface area contributed by atoms with Gasteiger partial charge in [0.2, 0.25) is 0 Å². The summed E-state index contributed by atoms with van der Waals surface area (Å²) < 4.78 is 31.3. The summed E-state index contributed by atoms with van der Waals surface area (Å²) in [6, 6.07) is 8.81. The maximum atomic E-state index is 11.1. The van der Waals surface area contributed by atoms with E-state index in [1.807, 2.05) is 6.07 Å². The Kier molecular flexibility index (Phi) is 2.53. The Morgan fingerprint density at radius 2 is 1.88 bits per heavy atom. The van der Waals surface area contributed by atoms with Crippen molar-refractivity contribution in [3.8, 4) is 11.3 Å². The van der Waals surface area contributed by atoms with Crippen LogP contribution < -0.4 is 0 Å². The fourth-order valence-corrected chi connectivity index (χ4v) is 2.13. The number of aromatic nitrogens is 2. The van der Waals surface area contributed by atoms with Crippen LogP contribution in [-0.4, -0.2) is 22.9 Å². The fourth-order valence-electron chi connectivity index (χ4n) is 1.45. The van der Waals surface area contributed by atoms with E-state index in [0.717, 1.165) is 0 Å². The van der Waals surface area contributed by atoms with E-state index in [2.05, 4.69) is 9.97 Å². The second kappa shape index (κ2) is 3.73. The predicted molar refractivity (Wildman–Crippen MR) is 58.6 cm³/mol. The quantitative estimate of drug-likeness (QED) is 0.779. The molecule has 0 saturated carbocycles. The Morgan fingerprint density at radius 1 is 1.25 bits per heavy atom. The zero-order valence-corrected chi connectivity index (χ0v) is 9.32. The summed E-state index contributed by atoms with van der Waals surface area (Å²) in [6.45, 7) is 1.63. The van der Waals surface area contributed by atoms with Gasteiger partial charge in [0, 0.05) is 5.56 Å². The van der Waals surface area contributed by atoms with Crippen LogP contribution >= 0.6 is 0 Å². The van der Waals surface area contributed by atoms with Gasteiger partial charge in [0.25, 0.3) is 0 Å². The first-order valence-corrected chi connectivity index (χ1v) is 6.02. The second-order valence-corrected chi connectivity index (χ2v) is 4.70. The van der Waals surface area contributed by atoms with Crippen LogP contribution in [0, 0.1) is 6.92 Å². The van der Waals surface area contributed by atoms with Crippen LogP contribution in [-0.2, 0) is 10.1 Å². The van der Waals surface area contributed by atoms with E-state index >= 15 is 0 Å². The summed E-state index contributed by atoms with van der Waals surface area (Å²) in [4.78, 5) is 6.59. The molecule has 6 heteroatoms. The third kappa shape index (κ3) is 1.98. The van der Waals surface area contributed by atoms with Crippen molar-refractivity contribution in [1.29, 1.82) is 0 Å². The number of imidazole rings is 1. The Morgan fingerprint density at radius 3 is 2.44 bits per heavy atom. The minimum Gasteiger partial charge on any atom is -0.331 e. The topological polar surface area (TPSA) is 83.1 Å². The first kappa shape index (κ1) is 10.8. The predicted octanol–water partition coefficient (Wildman–Crippen LogP) is 1.63. The van der Waals surface area contributed by atoms with E-state index < -0.39 is 10.1 Å². The van der Waals surface area contributed by atoms with Gasteiger partial charge in [0.05, 0.1) is 0 Å². The number of H-pyrrole nitrogens is 1. The van der Waals surface area contributed by atoms with Gasteiger partial charge in [0.15, 0.2) is 5.03 Å². The summed E-state index contributed by atoms with van der Waals surface area (Å²) >= 11 is 0. The zero-order valence-electron chi connectivity index (χ0n) is 8.51. The van der Waals surface area contributed by atoms with Crippen LogP contribution in [0.15, 0.2) is 35.4 Å². The highest BCUT2D eigenvalue weighted by atomic mass is 32.2. The molecule has 0 spiro atoms. The molecule has 0 unspecified atom stereocenters. The summed E-state index contributed by atoms with van der Waals surface area (Å²) in [5, 5.41) is -0.267. The van der Waals surface area contributed by atoms with Gasteiger partial charge in [0.1, 0.15) is 11.5 Å². The van der Waals surface area contributed by atoms with Crippen LogP contribution in [0.4, 0.5) is 0 Å². The van der Waals surface area contributed by atoms with E-state index in [0.29, 0.717) is 11.4 Å². The zero-order chi connectivity index (χ0) is 11.8. The van der Waals surface area contributed by atoms with Gasteiger partial charge in [-0.1, -0.05) is 30.3 Å². The lowest BCUT2D eigenvalue weighted by molar-refractivity contribution is 0.480. The van der Waals surface area contributed by atoms with Gasteiger partial charge in [-0.3, -0.25) is 4.55 Å². The molecule has 0 aliphatic carbocycles. The van der Waals surface area contributed by atoms with E-state index in [-0.39, 0.29) is 10.7 Å². The molecule has 84 valence electrons. The number of nitrogens with zero attached hydrogens (tertiary/aromatic N) is 1. The molecular formula is C10H10N2O3S. The first-order chi connectivity index (χ1) is 7.48. The van der Waals surface area contributed by atoms with E-state index in [9.17, 15) is 8.42 Å². The van der Waals surface area contributed by atoms with Crippen LogP contribution in [0.1, 0.15) is 5.82 Å². The summed E-state index contributed by atoms with van der Waals surface area (Å²) in [5.74, 6) is 0.437. The van der Waals surface area contributed by atoms with Crippen molar-refractivity contribution in [2.24, 2.45) is 0 Å². The molecule has 0 amide bonds. The Bertz CT molecular complexity index is 602. The lowest BCUT2D eigenvalue weighted by atomic mass is 10.2. The molecular weight excluding hydrogens is 228 g/mol. The fraction of sp³-hybridized carbons (Fsp3) is 0.100. The average Bonchev–Trinajstić information content (AvgIpc) is 2.61. The number of nitrogens with one attached hydrogen (secondary N) is 1. The lowest BCUT2D eigenvalue weighted by Gasteiger charge is -1.98. The van der Waals surface area contributed by atoms with Crippen molar-refractivity contribution in [3.63, 3.8) is 0 Å². The molecule has 0 fully saturated rings. The van der Waals surface area contributed by atoms with E-state index in [1.54, 1.807) is 31.2 Å². The molecule has 1 heterocycles. The molecule has 2 aromatic rings. The van der Waals surface area contributed by atoms with Crippen LogP contribution in [0.25, 0.3) is 11.3 Å². The van der Waals surface area contributed by atoms with Crippen molar-refractivity contribution in [2.75, 3.05) is 0 Å². The molecule has 0 saturated heterocycles. The SMILES string of the molecule is Cc1nc(-c2ccccc2)c(S(=O)(=O)O)[nH]1. The van der Waals surface area contributed by atoms with Crippen molar-refractivity contribution < 1.29 is 13.0 Å². The third-order valence-electron chi connectivity index (χ3n) is 2.09. The molecule has 1 aromatic heterocycles. The highest BCUT2D eigenvalue weighted by molar-refractivity contribution is 7.85. The summed E-state index contributed by atoms with van der Waals surface area (Å²) in [7, 11) is -4.28. The Labute approximate surface area is 92.9 Å². The molecule has 0 bridgehead atoms. The molecule has 16 heavy (non-hydrogen) atoms. The number of benzene rings is 1. The molecule has 1 aromatic carbocycles.